The van der Waals surface area contributed by atoms with E-state index in [0.29, 0.717) is 6.42 Å². The second kappa shape index (κ2) is 19.9. The van der Waals surface area contributed by atoms with Gasteiger partial charge in [0.25, 0.3) is 0 Å². The molecule has 5 nitrogen and oxygen atoms in total. The Kier molecular flexibility index (Phi) is 21.0. The summed E-state index contributed by atoms with van der Waals surface area (Å²) in [5, 5.41) is 5.73. The van der Waals surface area contributed by atoms with Gasteiger partial charge in [-0.05, 0) is 19.3 Å². The highest BCUT2D eigenvalue weighted by atomic mass is 16.5. The van der Waals surface area contributed by atoms with Crippen LogP contribution in [0.4, 0.5) is 0 Å². The Balaban J connectivity index is -0.000000480. The zero-order valence-corrected chi connectivity index (χ0v) is 15.0. The second-order valence-corrected chi connectivity index (χ2v) is 5.00. The fraction of sp³-hybridized carbons (Fsp3) is 0.882. The van der Waals surface area contributed by atoms with Crippen LogP contribution in [0.1, 0.15) is 75.0 Å². The van der Waals surface area contributed by atoms with Gasteiger partial charge < -0.3 is 15.4 Å². The molecule has 0 bridgehead atoms. The van der Waals surface area contributed by atoms with Crippen LogP contribution in [-0.4, -0.2) is 38.6 Å². The fourth-order valence-corrected chi connectivity index (χ4v) is 1.91. The molecule has 0 spiro atoms. The number of hydrogen-bond donors (Lipinski definition) is 2. The minimum absolute atomic E-state index is 0. The van der Waals surface area contributed by atoms with Crippen LogP contribution < -0.4 is 10.6 Å². The molecule has 0 aromatic rings. The van der Waals surface area contributed by atoms with Crippen molar-refractivity contribution >= 4 is 11.8 Å². The van der Waals surface area contributed by atoms with Crippen LogP contribution in [0, 0.1) is 0 Å². The molecule has 5 heteroatoms. The van der Waals surface area contributed by atoms with Gasteiger partial charge in [0.15, 0.2) is 0 Å². The normalized spacial score (nSPS) is 9.64. The van der Waals surface area contributed by atoms with Crippen LogP contribution >= 0.6 is 0 Å². The van der Waals surface area contributed by atoms with Gasteiger partial charge in [-0.15, -0.1) is 0 Å². The van der Waals surface area contributed by atoms with E-state index in [1.807, 2.05) is 20.8 Å². The summed E-state index contributed by atoms with van der Waals surface area (Å²) < 4.78 is 4.73. The third-order valence-electron chi connectivity index (χ3n) is 3.00. The average Bonchev–Trinajstić information content (AvgIpc) is 2.51. The van der Waals surface area contributed by atoms with Crippen molar-refractivity contribution in [2.75, 3.05) is 26.8 Å². The van der Waals surface area contributed by atoms with Crippen molar-refractivity contribution < 1.29 is 17.2 Å². The molecular weight excluding hydrogens is 280 g/mol. The minimum Gasteiger partial charge on any atom is -0.375 e. The molecule has 0 aromatic carbocycles. The van der Waals surface area contributed by atoms with E-state index in [2.05, 4.69) is 10.6 Å². The Labute approximate surface area is 139 Å². The SMILES string of the molecule is CC.CCCC(=O)NCCCCCCCCNC(=O)COC.[HH].[HH]. The van der Waals surface area contributed by atoms with Gasteiger partial charge in [0.2, 0.25) is 11.8 Å². The van der Waals surface area contributed by atoms with E-state index in [1.165, 1.54) is 20.0 Å². The van der Waals surface area contributed by atoms with Crippen LogP contribution in [0.15, 0.2) is 0 Å². The third-order valence-corrected chi connectivity index (χ3v) is 3.00. The number of rotatable bonds is 13. The fourth-order valence-electron chi connectivity index (χ4n) is 1.91. The molecule has 2 amide bonds. The zero-order valence-electron chi connectivity index (χ0n) is 15.0. The number of unbranched alkanes of at least 4 members (excludes halogenated alkanes) is 5. The number of carbonyl (C=O) groups is 2. The molecule has 0 saturated carbocycles. The van der Waals surface area contributed by atoms with E-state index in [4.69, 9.17) is 4.74 Å². The summed E-state index contributed by atoms with van der Waals surface area (Å²) in [5.41, 5.74) is 0. The molecule has 0 rings (SSSR count). The molecule has 0 saturated heterocycles. The standard InChI is InChI=1S/C15H30N2O3.C2H6.2H2/c1-3-10-14(18)16-11-8-6-4-5-7-9-12-17-15(19)13-20-2;1-2;;/h3-13H2,1-2H3,(H,16,18)(H,17,19);1-2H3;2*1H. The summed E-state index contributed by atoms with van der Waals surface area (Å²) in [7, 11) is 1.52. The van der Waals surface area contributed by atoms with Crippen LogP contribution in [0.5, 0.6) is 0 Å². The molecule has 0 radical (unpaired) electrons. The molecule has 0 heterocycles. The Hall–Kier alpha value is -1.10. The summed E-state index contributed by atoms with van der Waals surface area (Å²) in [5.74, 6) is 0.120. The number of amides is 2. The van der Waals surface area contributed by atoms with Crippen LogP contribution in [0.3, 0.4) is 0 Å². The van der Waals surface area contributed by atoms with E-state index >= 15 is 0 Å². The van der Waals surface area contributed by atoms with Crippen LogP contribution in [0.25, 0.3) is 0 Å². The van der Waals surface area contributed by atoms with Crippen molar-refractivity contribution in [3.63, 3.8) is 0 Å². The summed E-state index contributed by atoms with van der Waals surface area (Å²) in [4.78, 5) is 22.3. The number of ether oxygens (including phenoxy) is 1. The molecule has 0 unspecified atom stereocenters. The van der Waals surface area contributed by atoms with Gasteiger partial charge in [0, 0.05) is 29.5 Å². The first-order valence-electron chi connectivity index (χ1n) is 8.73. The molecule has 0 aliphatic heterocycles. The second-order valence-electron chi connectivity index (χ2n) is 5.00. The quantitative estimate of drug-likeness (QED) is 0.510. The maximum Gasteiger partial charge on any atom is 0.245 e. The lowest BCUT2D eigenvalue weighted by atomic mass is 10.1. The predicted octanol–water partition coefficient (Wildman–Crippen LogP) is 3.52. The van der Waals surface area contributed by atoms with Gasteiger partial charge in [0.1, 0.15) is 6.61 Å². The predicted molar refractivity (Wildman–Crippen MR) is 96.1 cm³/mol. The highest BCUT2D eigenvalue weighted by molar-refractivity contribution is 5.77. The van der Waals surface area contributed by atoms with E-state index in [0.717, 1.165) is 45.2 Å². The van der Waals surface area contributed by atoms with Crippen molar-refractivity contribution in [2.45, 2.75) is 72.1 Å². The summed E-state index contributed by atoms with van der Waals surface area (Å²) in [6, 6.07) is 0. The highest BCUT2D eigenvalue weighted by Crippen LogP contribution is 2.04. The van der Waals surface area contributed by atoms with Crippen LogP contribution in [0.2, 0.25) is 0 Å². The molecule has 0 fully saturated rings. The Bertz CT molecular complexity index is 242. The largest absolute Gasteiger partial charge is 0.375 e. The summed E-state index contributed by atoms with van der Waals surface area (Å²) >= 11 is 0. The molecule has 0 atom stereocenters. The van der Waals surface area contributed by atoms with Crippen LogP contribution in [-0.2, 0) is 14.3 Å². The third kappa shape index (κ3) is 18.9. The van der Waals surface area contributed by atoms with Crippen molar-refractivity contribution in [1.82, 2.24) is 10.6 Å². The number of carbonyl (C=O) groups excluding carboxylic acids is 2. The zero-order chi connectivity index (χ0) is 17.1. The van der Waals surface area contributed by atoms with Gasteiger partial charge in [-0.25, -0.2) is 0 Å². The van der Waals surface area contributed by atoms with E-state index in [-0.39, 0.29) is 21.3 Å². The minimum atomic E-state index is -0.0460. The molecule has 22 heavy (non-hydrogen) atoms. The number of nitrogens with one attached hydrogen (secondary N) is 2. The molecular formula is C17H40N2O3. The number of methoxy groups -OCH3 is 1. The molecule has 136 valence electrons. The topological polar surface area (TPSA) is 67.4 Å². The summed E-state index contributed by atoms with van der Waals surface area (Å²) in [6.07, 6.45) is 8.28. The van der Waals surface area contributed by atoms with Gasteiger partial charge in [-0.2, -0.15) is 0 Å². The van der Waals surface area contributed by atoms with Gasteiger partial charge >= 0.3 is 0 Å². The Morgan fingerprint density at radius 2 is 1.32 bits per heavy atom. The maximum atomic E-state index is 11.2. The van der Waals surface area contributed by atoms with Crippen molar-refractivity contribution in [3.05, 3.63) is 0 Å². The Morgan fingerprint density at radius 3 is 1.77 bits per heavy atom. The van der Waals surface area contributed by atoms with E-state index in [1.54, 1.807) is 0 Å². The summed E-state index contributed by atoms with van der Waals surface area (Å²) in [6.45, 7) is 7.68. The van der Waals surface area contributed by atoms with Crippen molar-refractivity contribution in [2.24, 2.45) is 0 Å². The van der Waals surface area contributed by atoms with Gasteiger partial charge in [0.05, 0.1) is 0 Å². The Morgan fingerprint density at radius 1 is 0.864 bits per heavy atom. The van der Waals surface area contributed by atoms with Gasteiger partial charge in [-0.1, -0.05) is 46.5 Å². The lowest BCUT2D eigenvalue weighted by Gasteiger charge is -2.05. The first kappa shape index (κ1) is 23.2. The first-order chi connectivity index (χ1) is 10.7. The van der Waals surface area contributed by atoms with E-state index in [9.17, 15) is 9.59 Å². The lowest BCUT2D eigenvalue weighted by Crippen LogP contribution is -2.27. The first-order valence-corrected chi connectivity index (χ1v) is 8.73. The maximum absolute atomic E-state index is 11.2. The molecule has 0 aliphatic rings. The molecule has 0 aromatic heterocycles. The van der Waals surface area contributed by atoms with Gasteiger partial charge in [-0.3, -0.25) is 9.59 Å². The van der Waals surface area contributed by atoms with E-state index < -0.39 is 0 Å². The lowest BCUT2D eigenvalue weighted by molar-refractivity contribution is -0.124. The number of hydrogen-bond acceptors (Lipinski definition) is 3. The monoisotopic (exact) mass is 320 g/mol. The van der Waals surface area contributed by atoms with Crippen molar-refractivity contribution in [1.29, 1.82) is 0 Å². The smallest absolute Gasteiger partial charge is 0.245 e. The van der Waals surface area contributed by atoms with Crippen molar-refractivity contribution in [3.8, 4) is 0 Å². The average molecular weight is 321 g/mol. The molecule has 0 aliphatic carbocycles. The highest BCUT2D eigenvalue weighted by Gasteiger charge is 1.99. The molecule has 2 N–H and O–H groups in total.